The summed E-state index contributed by atoms with van der Waals surface area (Å²) < 4.78 is 5.00. The predicted octanol–water partition coefficient (Wildman–Crippen LogP) is 1.81. The van der Waals surface area contributed by atoms with Gasteiger partial charge in [0.1, 0.15) is 11.5 Å². The highest BCUT2D eigenvalue weighted by Gasteiger charge is 2.24. The number of aliphatic hydroxyl groups excluding tert-OH is 1. The van der Waals surface area contributed by atoms with Gasteiger partial charge in [0.2, 0.25) is 0 Å². The number of aromatic hydroxyl groups is 1. The fourth-order valence-corrected chi connectivity index (χ4v) is 1.71. The molecule has 0 aliphatic rings. The largest absolute Gasteiger partial charge is 0.507 e. The number of benzene rings is 1. The van der Waals surface area contributed by atoms with Crippen molar-refractivity contribution in [2.75, 3.05) is 7.11 Å². The number of phenolic OH excluding ortho intramolecular Hbond substituents is 1. The second kappa shape index (κ2) is 5.89. The first-order chi connectivity index (χ1) is 8.01. The number of rotatable bonds is 5. The number of methoxy groups -OCH3 is 1. The highest BCUT2D eigenvalue weighted by atomic mass is 16.5. The number of aliphatic hydroxyl groups is 1. The van der Waals surface area contributed by atoms with Gasteiger partial charge >= 0.3 is 0 Å². The Kier molecular flexibility index (Phi) is 4.78. The normalized spacial score (nSPS) is 16.3. The zero-order chi connectivity index (χ0) is 13.0. The van der Waals surface area contributed by atoms with Gasteiger partial charge in [0.05, 0.1) is 19.3 Å². The highest BCUT2D eigenvalue weighted by molar-refractivity contribution is 5.41. The number of hydrogen-bond donors (Lipinski definition) is 3. The Balaban J connectivity index is 2.92. The first-order valence-corrected chi connectivity index (χ1v) is 5.81. The average Bonchev–Trinajstić information content (AvgIpc) is 2.35. The molecule has 4 heteroatoms. The molecule has 3 atom stereocenters. The van der Waals surface area contributed by atoms with E-state index < -0.39 is 12.1 Å². The minimum absolute atomic E-state index is 0.0548. The zero-order valence-electron chi connectivity index (χ0n) is 10.6. The van der Waals surface area contributed by atoms with Crippen molar-refractivity contribution in [1.82, 2.24) is 0 Å². The van der Waals surface area contributed by atoms with Crippen LogP contribution in [0.15, 0.2) is 18.2 Å². The molecule has 0 saturated heterocycles. The lowest BCUT2D eigenvalue weighted by Crippen LogP contribution is -2.31. The van der Waals surface area contributed by atoms with E-state index in [0.717, 1.165) is 6.42 Å². The number of nitrogens with two attached hydrogens (primary N) is 1. The Bertz CT molecular complexity index is 368. The van der Waals surface area contributed by atoms with Crippen LogP contribution in [0.4, 0.5) is 0 Å². The lowest BCUT2D eigenvalue weighted by molar-refractivity contribution is 0.0871. The minimum Gasteiger partial charge on any atom is -0.507 e. The summed E-state index contributed by atoms with van der Waals surface area (Å²) in [4.78, 5) is 0. The molecule has 1 aromatic carbocycles. The molecule has 1 aromatic rings. The topological polar surface area (TPSA) is 75.7 Å². The molecule has 96 valence electrons. The Morgan fingerprint density at radius 2 is 2.06 bits per heavy atom. The van der Waals surface area contributed by atoms with E-state index in [1.165, 1.54) is 13.2 Å². The van der Waals surface area contributed by atoms with Crippen LogP contribution in [0, 0.1) is 5.92 Å². The van der Waals surface area contributed by atoms with Gasteiger partial charge in [-0.25, -0.2) is 0 Å². The Labute approximate surface area is 102 Å². The first-order valence-electron chi connectivity index (χ1n) is 5.81. The smallest absolute Gasteiger partial charge is 0.124 e. The van der Waals surface area contributed by atoms with E-state index in [0.29, 0.717) is 11.3 Å². The molecule has 0 bridgehead atoms. The van der Waals surface area contributed by atoms with E-state index in [4.69, 9.17) is 10.5 Å². The predicted molar refractivity (Wildman–Crippen MR) is 67.0 cm³/mol. The van der Waals surface area contributed by atoms with Gasteiger partial charge in [-0.15, -0.1) is 0 Å². The molecule has 0 saturated carbocycles. The van der Waals surface area contributed by atoms with E-state index >= 15 is 0 Å². The molecule has 4 nitrogen and oxygen atoms in total. The number of phenols is 1. The highest BCUT2D eigenvalue weighted by Crippen LogP contribution is 2.31. The second-order valence-corrected chi connectivity index (χ2v) is 4.33. The zero-order valence-corrected chi connectivity index (χ0v) is 10.6. The van der Waals surface area contributed by atoms with E-state index in [1.807, 2.05) is 13.8 Å². The molecular formula is C13H21NO3. The maximum atomic E-state index is 10.0. The van der Waals surface area contributed by atoms with Crippen LogP contribution in [0.5, 0.6) is 11.5 Å². The van der Waals surface area contributed by atoms with Crippen LogP contribution in [0.2, 0.25) is 0 Å². The summed E-state index contributed by atoms with van der Waals surface area (Å²) in [6, 6.07) is 4.32. The van der Waals surface area contributed by atoms with E-state index in [-0.39, 0.29) is 11.7 Å². The van der Waals surface area contributed by atoms with Gasteiger partial charge in [-0.1, -0.05) is 20.3 Å². The standard InChI is InChI=1S/C13H21NO3/c1-4-8(2)13(16)12(14)10-6-5-9(17-3)7-11(10)15/h5-8,12-13,15-16H,4,14H2,1-3H3/t8?,12-,13+/m0/s1. The van der Waals surface area contributed by atoms with Gasteiger partial charge in [0, 0.05) is 11.6 Å². The number of hydrogen-bond acceptors (Lipinski definition) is 4. The quantitative estimate of drug-likeness (QED) is 0.732. The van der Waals surface area contributed by atoms with Crippen LogP contribution in [0.1, 0.15) is 31.9 Å². The molecule has 0 spiro atoms. The molecule has 0 aliphatic carbocycles. The van der Waals surface area contributed by atoms with Crippen molar-refractivity contribution in [2.24, 2.45) is 11.7 Å². The molecular weight excluding hydrogens is 218 g/mol. The fraction of sp³-hybridized carbons (Fsp3) is 0.538. The molecule has 0 radical (unpaired) electrons. The van der Waals surface area contributed by atoms with Crippen molar-refractivity contribution < 1.29 is 14.9 Å². The fourth-order valence-electron chi connectivity index (χ4n) is 1.71. The Morgan fingerprint density at radius 1 is 1.41 bits per heavy atom. The molecule has 0 amide bonds. The van der Waals surface area contributed by atoms with Crippen LogP contribution in [-0.4, -0.2) is 23.4 Å². The molecule has 1 unspecified atom stereocenters. The summed E-state index contributed by atoms with van der Waals surface area (Å²) in [6.07, 6.45) is 0.172. The summed E-state index contributed by atoms with van der Waals surface area (Å²) in [7, 11) is 1.53. The van der Waals surface area contributed by atoms with Crippen LogP contribution in [0.3, 0.4) is 0 Å². The maximum Gasteiger partial charge on any atom is 0.124 e. The summed E-state index contributed by atoms with van der Waals surface area (Å²) in [5.41, 5.74) is 6.50. The van der Waals surface area contributed by atoms with Crippen LogP contribution < -0.4 is 10.5 Å². The van der Waals surface area contributed by atoms with Gasteiger partial charge in [0.25, 0.3) is 0 Å². The maximum absolute atomic E-state index is 10.0. The van der Waals surface area contributed by atoms with Crippen molar-refractivity contribution in [2.45, 2.75) is 32.4 Å². The Hall–Kier alpha value is -1.26. The lowest BCUT2D eigenvalue weighted by atomic mass is 9.91. The second-order valence-electron chi connectivity index (χ2n) is 4.33. The molecule has 4 N–H and O–H groups in total. The SMILES string of the molecule is CCC(C)[C@@H](O)[C@@H](N)c1ccc(OC)cc1O. The van der Waals surface area contributed by atoms with E-state index in [1.54, 1.807) is 12.1 Å². The third-order valence-corrected chi connectivity index (χ3v) is 3.19. The molecule has 0 aromatic heterocycles. The molecule has 0 heterocycles. The van der Waals surface area contributed by atoms with Gasteiger partial charge in [0.15, 0.2) is 0 Å². The molecule has 0 aliphatic heterocycles. The molecule has 1 rings (SSSR count). The lowest BCUT2D eigenvalue weighted by Gasteiger charge is -2.24. The third kappa shape index (κ3) is 3.11. The first kappa shape index (κ1) is 13.8. The van der Waals surface area contributed by atoms with Gasteiger partial charge in [-0.3, -0.25) is 0 Å². The summed E-state index contributed by atoms with van der Waals surface area (Å²) in [5, 5.41) is 19.8. The summed E-state index contributed by atoms with van der Waals surface area (Å²) in [5.74, 6) is 0.710. The van der Waals surface area contributed by atoms with Crippen LogP contribution in [0.25, 0.3) is 0 Å². The van der Waals surface area contributed by atoms with E-state index in [9.17, 15) is 10.2 Å². The Morgan fingerprint density at radius 3 is 2.53 bits per heavy atom. The van der Waals surface area contributed by atoms with Crippen molar-refractivity contribution in [1.29, 1.82) is 0 Å². The summed E-state index contributed by atoms with van der Waals surface area (Å²) in [6.45, 7) is 3.93. The van der Waals surface area contributed by atoms with Crippen LogP contribution >= 0.6 is 0 Å². The van der Waals surface area contributed by atoms with Crippen molar-refractivity contribution in [3.8, 4) is 11.5 Å². The van der Waals surface area contributed by atoms with Gasteiger partial charge < -0.3 is 20.7 Å². The van der Waals surface area contributed by atoms with Gasteiger partial charge in [-0.2, -0.15) is 0 Å². The third-order valence-electron chi connectivity index (χ3n) is 3.19. The monoisotopic (exact) mass is 239 g/mol. The molecule has 17 heavy (non-hydrogen) atoms. The average molecular weight is 239 g/mol. The van der Waals surface area contributed by atoms with Crippen molar-refractivity contribution in [3.63, 3.8) is 0 Å². The van der Waals surface area contributed by atoms with E-state index in [2.05, 4.69) is 0 Å². The van der Waals surface area contributed by atoms with Crippen molar-refractivity contribution >= 4 is 0 Å². The molecule has 0 fully saturated rings. The van der Waals surface area contributed by atoms with Gasteiger partial charge in [-0.05, 0) is 18.1 Å². The summed E-state index contributed by atoms with van der Waals surface area (Å²) >= 11 is 0. The van der Waals surface area contributed by atoms with Crippen LogP contribution in [-0.2, 0) is 0 Å². The van der Waals surface area contributed by atoms with Crippen molar-refractivity contribution in [3.05, 3.63) is 23.8 Å². The number of ether oxygens (including phenoxy) is 1. The minimum atomic E-state index is -0.667.